The van der Waals surface area contributed by atoms with Gasteiger partial charge in [0.2, 0.25) is 5.91 Å². The summed E-state index contributed by atoms with van der Waals surface area (Å²) in [5.74, 6) is 2.35. The Hall–Kier alpha value is -1.01. The Bertz CT molecular complexity index is 170. The second-order valence-electron chi connectivity index (χ2n) is 2.85. The van der Waals surface area contributed by atoms with E-state index in [0.717, 1.165) is 12.8 Å². The molecule has 0 aromatic carbocycles. The summed E-state index contributed by atoms with van der Waals surface area (Å²) in [7, 11) is 0. The van der Waals surface area contributed by atoms with Crippen molar-refractivity contribution < 1.29 is 4.79 Å². The number of carbonyl (C=O) groups excluding carboxylic acids is 1. The molecule has 0 saturated heterocycles. The van der Waals surface area contributed by atoms with Crippen molar-refractivity contribution >= 4 is 5.91 Å². The highest BCUT2D eigenvalue weighted by Crippen LogP contribution is 1.97. The smallest absolute Gasteiger partial charge is 0.220 e. The van der Waals surface area contributed by atoms with Crippen molar-refractivity contribution in [3.8, 4) is 12.3 Å². The first-order chi connectivity index (χ1) is 5.66. The molecule has 0 heterocycles. The normalized spacial score (nSPS) is 11.8. The number of carbonyl (C=O) groups is 1. The monoisotopic (exact) mass is 168 g/mol. The molecule has 3 heteroatoms. The molecule has 0 aromatic rings. The summed E-state index contributed by atoms with van der Waals surface area (Å²) < 4.78 is 0. The lowest BCUT2D eigenvalue weighted by atomic mass is 10.1. The molecular weight excluding hydrogens is 152 g/mol. The van der Waals surface area contributed by atoms with E-state index in [4.69, 9.17) is 12.2 Å². The van der Waals surface area contributed by atoms with Crippen molar-refractivity contribution in [3.63, 3.8) is 0 Å². The molecule has 0 aliphatic rings. The first-order valence-corrected chi connectivity index (χ1v) is 4.12. The summed E-state index contributed by atoms with van der Waals surface area (Å²) >= 11 is 0. The Labute approximate surface area is 73.7 Å². The molecule has 3 nitrogen and oxygen atoms in total. The Balaban J connectivity index is 3.27. The highest BCUT2D eigenvalue weighted by molar-refractivity contribution is 5.76. The molecule has 1 unspecified atom stereocenters. The molecule has 0 fully saturated rings. The summed E-state index contributed by atoms with van der Waals surface area (Å²) in [6, 6.07) is 0.172. The highest BCUT2D eigenvalue weighted by Gasteiger charge is 2.00. The molecule has 12 heavy (non-hydrogen) atoms. The van der Waals surface area contributed by atoms with Crippen LogP contribution in [0.25, 0.3) is 0 Å². The largest absolute Gasteiger partial charge is 0.345 e. The van der Waals surface area contributed by atoms with Crippen LogP contribution < -0.4 is 11.1 Å². The van der Waals surface area contributed by atoms with E-state index in [1.165, 1.54) is 0 Å². The van der Waals surface area contributed by atoms with E-state index in [1.54, 1.807) is 0 Å². The molecule has 0 aliphatic carbocycles. The van der Waals surface area contributed by atoms with E-state index < -0.39 is 0 Å². The number of nitrogens with one attached hydrogen (secondary N) is 1. The van der Waals surface area contributed by atoms with E-state index in [9.17, 15) is 4.79 Å². The van der Waals surface area contributed by atoms with Crippen LogP contribution in [-0.2, 0) is 4.79 Å². The van der Waals surface area contributed by atoms with Crippen molar-refractivity contribution in [1.29, 1.82) is 0 Å². The number of hydrogen-bond acceptors (Lipinski definition) is 2. The zero-order valence-electron chi connectivity index (χ0n) is 7.47. The van der Waals surface area contributed by atoms with Gasteiger partial charge in [0.05, 0.1) is 6.54 Å². The van der Waals surface area contributed by atoms with E-state index in [1.807, 2.05) is 6.92 Å². The lowest BCUT2D eigenvalue weighted by molar-refractivity contribution is -0.120. The van der Waals surface area contributed by atoms with Gasteiger partial charge >= 0.3 is 0 Å². The minimum Gasteiger partial charge on any atom is -0.345 e. The summed E-state index contributed by atoms with van der Waals surface area (Å²) in [5.41, 5.74) is 5.51. The van der Waals surface area contributed by atoms with Gasteiger partial charge in [-0.15, -0.1) is 6.42 Å². The predicted molar refractivity (Wildman–Crippen MR) is 49.3 cm³/mol. The van der Waals surface area contributed by atoms with Gasteiger partial charge in [-0.25, -0.2) is 0 Å². The minimum absolute atomic E-state index is 0.00796. The SMILES string of the molecule is C#CCNC(=O)CCCC(C)N. The van der Waals surface area contributed by atoms with Crippen LogP contribution in [0.15, 0.2) is 0 Å². The third-order valence-corrected chi connectivity index (χ3v) is 1.45. The van der Waals surface area contributed by atoms with Gasteiger partial charge in [0, 0.05) is 12.5 Å². The molecule has 3 N–H and O–H groups in total. The van der Waals surface area contributed by atoms with Crippen LogP contribution in [0.1, 0.15) is 26.2 Å². The van der Waals surface area contributed by atoms with Crippen molar-refractivity contribution in [1.82, 2.24) is 5.32 Å². The molecule has 1 amide bonds. The fourth-order valence-corrected chi connectivity index (χ4v) is 0.823. The molecule has 0 radical (unpaired) electrons. The highest BCUT2D eigenvalue weighted by atomic mass is 16.1. The Kier molecular flexibility index (Phi) is 6.12. The maximum atomic E-state index is 10.9. The van der Waals surface area contributed by atoms with Gasteiger partial charge in [-0.05, 0) is 19.8 Å². The van der Waals surface area contributed by atoms with Crippen molar-refractivity contribution in [2.24, 2.45) is 5.73 Å². The van der Waals surface area contributed by atoms with Crippen LogP contribution in [0.4, 0.5) is 0 Å². The van der Waals surface area contributed by atoms with Crippen molar-refractivity contribution in [3.05, 3.63) is 0 Å². The standard InChI is InChI=1S/C9H16N2O/c1-3-7-11-9(12)6-4-5-8(2)10/h1,8H,4-7,10H2,2H3,(H,11,12). The molecule has 68 valence electrons. The fourth-order valence-electron chi connectivity index (χ4n) is 0.823. The first kappa shape index (κ1) is 11.0. The van der Waals surface area contributed by atoms with Crippen LogP contribution in [0.3, 0.4) is 0 Å². The van der Waals surface area contributed by atoms with Gasteiger partial charge in [0.1, 0.15) is 0 Å². The van der Waals surface area contributed by atoms with Crippen LogP contribution >= 0.6 is 0 Å². The van der Waals surface area contributed by atoms with Crippen molar-refractivity contribution in [2.45, 2.75) is 32.2 Å². The van der Waals surface area contributed by atoms with E-state index in [0.29, 0.717) is 13.0 Å². The number of rotatable bonds is 5. The van der Waals surface area contributed by atoms with Gasteiger partial charge in [0.15, 0.2) is 0 Å². The topological polar surface area (TPSA) is 55.1 Å². The third kappa shape index (κ3) is 7.10. The first-order valence-electron chi connectivity index (χ1n) is 4.12. The molecule has 0 rings (SSSR count). The molecule has 0 spiro atoms. The average Bonchev–Trinajstić information content (AvgIpc) is 2.00. The third-order valence-electron chi connectivity index (χ3n) is 1.45. The molecule has 0 bridgehead atoms. The predicted octanol–water partition coefficient (Wildman–Crippen LogP) is 0.253. The maximum absolute atomic E-state index is 10.9. The fraction of sp³-hybridized carbons (Fsp3) is 0.667. The second-order valence-corrected chi connectivity index (χ2v) is 2.85. The van der Waals surface area contributed by atoms with Crippen LogP contribution in [0.2, 0.25) is 0 Å². The van der Waals surface area contributed by atoms with E-state index >= 15 is 0 Å². The van der Waals surface area contributed by atoms with Crippen LogP contribution in [-0.4, -0.2) is 18.5 Å². The van der Waals surface area contributed by atoms with Gasteiger partial charge in [0.25, 0.3) is 0 Å². The van der Waals surface area contributed by atoms with E-state index in [2.05, 4.69) is 11.2 Å². The average molecular weight is 168 g/mol. The lowest BCUT2D eigenvalue weighted by Crippen LogP contribution is -2.24. The molecule has 0 saturated carbocycles. The van der Waals surface area contributed by atoms with E-state index in [-0.39, 0.29) is 11.9 Å². The van der Waals surface area contributed by atoms with Gasteiger partial charge in [-0.3, -0.25) is 4.79 Å². The summed E-state index contributed by atoms with van der Waals surface area (Å²) in [5, 5.41) is 2.59. The zero-order chi connectivity index (χ0) is 9.40. The van der Waals surface area contributed by atoms with Crippen LogP contribution in [0.5, 0.6) is 0 Å². The molecule has 0 aromatic heterocycles. The quantitative estimate of drug-likeness (QED) is 0.578. The summed E-state index contributed by atoms with van der Waals surface area (Å²) in [6.45, 7) is 2.25. The number of hydrogen-bond donors (Lipinski definition) is 2. The Morgan fingerprint density at radius 2 is 2.42 bits per heavy atom. The minimum atomic E-state index is 0.00796. The summed E-state index contributed by atoms with van der Waals surface area (Å²) in [6.07, 6.45) is 7.19. The van der Waals surface area contributed by atoms with Gasteiger partial charge in [-0.1, -0.05) is 5.92 Å². The summed E-state index contributed by atoms with van der Waals surface area (Å²) in [4.78, 5) is 10.9. The number of amides is 1. The maximum Gasteiger partial charge on any atom is 0.220 e. The van der Waals surface area contributed by atoms with Gasteiger partial charge in [-0.2, -0.15) is 0 Å². The zero-order valence-corrected chi connectivity index (χ0v) is 7.47. The van der Waals surface area contributed by atoms with Gasteiger partial charge < -0.3 is 11.1 Å². The molecule has 1 atom stereocenters. The van der Waals surface area contributed by atoms with Crippen molar-refractivity contribution in [2.75, 3.05) is 6.54 Å². The molecule has 0 aliphatic heterocycles. The van der Waals surface area contributed by atoms with Crippen LogP contribution in [0, 0.1) is 12.3 Å². The lowest BCUT2D eigenvalue weighted by Gasteiger charge is -2.03. The number of nitrogens with two attached hydrogens (primary N) is 1. The second kappa shape index (κ2) is 6.68. The Morgan fingerprint density at radius 3 is 2.92 bits per heavy atom. The Morgan fingerprint density at radius 1 is 1.75 bits per heavy atom. The number of terminal acetylenes is 1. The molecular formula is C9H16N2O.